The van der Waals surface area contributed by atoms with Crippen molar-refractivity contribution >= 4 is 28.3 Å². The third kappa shape index (κ3) is 2.73. The van der Waals surface area contributed by atoms with Crippen LogP contribution in [0.2, 0.25) is 0 Å². The number of allylic oxidation sites excluding steroid dienone is 3. The van der Waals surface area contributed by atoms with E-state index < -0.39 is 5.82 Å². The highest BCUT2D eigenvalue weighted by molar-refractivity contribution is 6.00. The zero-order valence-corrected chi connectivity index (χ0v) is 14.6. The molecule has 8 heteroatoms. The van der Waals surface area contributed by atoms with Gasteiger partial charge < -0.3 is 5.32 Å². The van der Waals surface area contributed by atoms with Crippen LogP contribution in [0.4, 0.5) is 10.2 Å². The molecule has 0 atom stereocenters. The number of aromatic amines is 1. The van der Waals surface area contributed by atoms with Crippen molar-refractivity contribution in [2.45, 2.75) is 25.7 Å². The Bertz CT molecular complexity index is 1010. The minimum absolute atomic E-state index is 0.0162. The molecule has 1 amide bonds. The predicted molar refractivity (Wildman–Crippen MR) is 99.5 cm³/mol. The highest BCUT2D eigenvalue weighted by Gasteiger charge is 2.27. The van der Waals surface area contributed by atoms with Gasteiger partial charge in [-0.25, -0.2) is 14.8 Å². The van der Waals surface area contributed by atoms with Crippen molar-refractivity contribution in [1.82, 2.24) is 25.6 Å². The Morgan fingerprint density at radius 3 is 3.00 bits per heavy atom. The lowest BCUT2D eigenvalue weighted by atomic mass is 10.1. The zero-order chi connectivity index (χ0) is 18.4. The molecule has 138 valence electrons. The smallest absolute Gasteiger partial charge is 0.228 e. The van der Waals surface area contributed by atoms with E-state index in [1.807, 2.05) is 29.4 Å². The van der Waals surface area contributed by atoms with Crippen LogP contribution < -0.4 is 10.7 Å². The lowest BCUT2D eigenvalue weighted by Gasteiger charge is -2.17. The van der Waals surface area contributed by atoms with E-state index in [1.165, 1.54) is 6.07 Å². The van der Waals surface area contributed by atoms with Crippen LogP contribution in [0.1, 0.15) is 31.4 Å². The number of rotatable bonds is 3. The van der Waals surface area contributed by atoms with Crippen LogP contribution in [0.3, 0.4) is 0 Å². The maximum absolute atomic E-state index is 14.9. The first-order valence-electron chi connectivity index (χ1n) is 9.17. The van der Waals surface area contributed by atoms with Crippen molar-refractivity contribution in [3.8, 4) is 0 Å². The Kier molecular flexibility index (Phi) is 3.78. The van der Waals surface area contributed by atoms with Crippen LogP contribution in [0.25, 0.3) is 16.6 Å². The SMILES string of the molecule is O=C(Nc1n[nH]c2nc(C3=C4C=CC=CN4NC3)c(F)cc12)C1CCCC1. The standard InChI is InChI=1S/C19H19FN6O/c20-14-9-12-17(24-25-18(12)23-19(27)11-5-1-2-6-11)22-16(14)13-10-21-26-8-4-3-7-15(13)26/h3-4,7-9,11,21H,1-2,5-6,10H2,(H2,22,23,24,25,27). The van der Waals surface area contributed by atoms with Gasteiger partial charge in [-0.2, -0.15) is 5.10 Å². The number of aromatic nitrogens is 3. The molecule has 27 heavy (non-hydrogen) atoms. The van der Waals surface area contributed by atoms with Gasteiger partial charge in [0.15, 0.2) is 11.5 Å². The van der Waals surface area contributed by atoms with Crippen LogP contribution in [-0.2, 0) is 4.79 Å². The van der Waals surface area contributed by atoms with Crippen LogP contribution in [0.15, 0.2) is 36.2 Å². The lowest BCUT2D eigenvalue weighted by molar-refractivity contribution is -0.119. The van der Waals surface area contributed by atoms with Gasteiger partial charge in [0.2, 0.25) is 5.91 Å². The first kappa shape index (κ1) is 16.2. The average molecular weight is 366 g/mol. The molecule has 3 aliphatic rings. The molecular weight excluding hydrogens is 347 g/mol. The van der Waals surface area contributed by atoms with E-state index in [0.717, 1.165) is 37.0 Å². The highest BCUT2D eigenvalue weighted by Crippen LogP contribution is 2.31. The molecule has 2 aliphatic heterocycles. The monoisotopic (exact) mass is 366 g/mol. The Morgan fingerprint density at radius 1 is 1.30 bits per heavy atom. The van der Waals surface area contributed by atoms with Gasteiger partial charge in [-0.1, -0.05) is 18.9 Å². The molecule has 0 bridgehead atoms. The number of hydrazine groups is 1. The van der Waals surface area contributed by atoms with Gasteiger partial charge in [-0.05, 0) is 31.1 Å². The fraction of sp³-hybridized carbons (Fsp3) is 0.316. The number of hydrogen-bond acceptors (Lipinski definition) is 5. The largest absolute Gasteiger partial charge is 0.308 e. The second-order valence-corrected chi connectivity index (χ2v) is 7.03. The van der Waals surface area contributed by atoms with Gasteiger partial charge in [0.05, 0.1) is 11.1 Å². The summed E-state index contributed by atoms with van der Waals surface area (Å²) in [6, 6.07) is 1.39. The number of carbonyl (C=O) groups is 1. The highest BCUT2D eigenvalue weighted by atomic mass is 19.1. The van der Waals surface area contributed by atoms with Gasteiger partial charge in [0.1, 0.15) is 11.5 Å². The first-order valence-corrected chi connectivity index (χ1v) is 9.17. The summed E-state index contributed by atoms with van der Waals surface area (Å²) in [7, 11) is 0. The molecule has 1 fully saturated rings. The number of anilines is 1. The van der Waals surface area contributed by atoms with E-state index in [1.54, 1.807) is 0 Å². The Labute approximate surface area is 155 Å². The summed E-state index contributed by atoms with van der Waals surface area (Å²) in [4.78, 5) is 16.8. The number of nitrogens with zero attached hydrogens (tertiary/aromatic N) is 3. The van der Waals surface area contributed by atoms with Gasteiger partial charge >= 0.3 is 0 Å². The third-order valence-electron chi connectivity index (χ3n) is 5.35. The molecule has 1 aliphatic carbocycles. The number of nitrogens with one attached hydrogen (secondary N) is 3. The number of hydrogen-bond donors (Lipinski definition) is 3. The van der Waals surface area contributed by atoms with E-state index in [0.29, 0.717) is 23.4 Å². The Hall–Kier alpha value is -3.00. The third-order valence-corrected chi connectivity index (χ3v) is 5.35. The minimum Gasteiger partial charge on any atom is -0.308 e. The summed E-state index contributed by atoms with van der Waals surface area (Å²) in [5, 5.41) is 12.1. The van der Waals surface area contributed by atoms with E-state index in [2.05, 4.69) is 25.9 Å². The second kappa shape index (κ2) is 6.31. The average Bonchev–Trinajstić information content (AvgIpc) is 3.41. The molecule has 2 aromatic heterocycles. The molecule has 3 N–H and O–H groups in total. The fourth-order valence-corrected chi connectivity index (χ4v) is 3.92. The summed E-state index contributed by atoms with van der Waals surface area (Å²) in [5.74, 6) is -0.133. The maximum atomic E-state index is 14.9. The summed E-state index contributed by atoms with van der Waals surface area (Å²) < 4.78 is 14.9. The van der Waals surface area contributed by atoms with E-state index in [-0.39, 0.29) is 17.5 Å². The molecule has 5 rings (SSSR count). The molecule has 1 saturated carbocycles. The summed E-state index contributed by atoms with van der Waals surface area (Å²) >= 11 is 0. The van der Waals surface area contributed by atoms with Gasteiger partial charge in [0.25, 0.3) is 0 Å². The number of H-pyrrole nitrogens is 1. The fourth-order valence-electron chi connectivity index (χ4n) is 3.92. The van der Waals surface area contributed by atoms with Gasteiger partial charge in [-0.3, -0.25) is 14.9 Å². The molecule has 0 spiro atoms. The van der Waals surface area contributed by atoms with Crippen LogP contribution in [0, 0.1) is 11.7 Å². The summed E-state index contributed by atoms with van der Waals surface area (Å²) in [6.45, 7) is 0.485. The van der Waals surface area contributed by atoms with E-state index in [9.17, 15) is 9.18 Å². The Morgan fingerprint density at radius 2 is 2.15 bits per heavy atom. The van der Waals surface area contributed by atoms with Gasteiger partial charge in [-0.15, -0.1) is 0 Å². The number of halogens is 1. The number of amides is 1. The van der Waals surface area contributed by atoms with Crippen molar-refractivity contribution in [1.29, 1.82) is 0 Å². The summed E-state index contributed by atoms with van der Waals surface area (Å²) in [5.41, 5.74) is 5.56. The lowest BCUT2D eigenvalue weighted by Crippen LogP contribution is -2.26. The van der Waals surface area contributed by atoms with Crippen LogP contribution in [0.5, 0.6) is 0 Å². The molecule has 4 heterocycles. The topological polar surface area (TPSA) is 85.9 Å². The van der Waals surface area contributed by atoms with Crippen molar-refractivity contribution in [2.75, 3.05) is 11.9 Å². The normalized spacial score (nSPS) is 19.4. The summed E-state index contributed by atoms with van der Waals surface area (Å²) in [6.07, 6.45) is 11.5. The molecule has 0 aromatic carbocycles. The number of pyridine rings is 1. The molecule has 0 radical (unpaired) electrons. The number of fused-ring (bicyclic) bond motifs is 2. The molecule has 7 nitrogen and oxygen atoms in total. The molecule has 0 saturated heterocycles. The van der Waals surface area contributed by atoms with E-state index in [4.69, 9.17) is 0 Å². The van der Waals surface area contributed by atoms with Crippen LogP contribution >= 0.6 is 0 Å². The van der Waals surface area contributed by atoms with Crippen molar-refractivity contribution in [3.63, 3.8) is 0 Å². The van der Waals surface area contributed by atoms with Crippen LogP contribution in [-0.4, -0.2) is 32.6 Å². The minimum atomic E-state index is -0.436. The second-order valence-electron chi connectivity index (χ2n) is 7.03. The van der Waals surface area contributed by atoms with Crippen molar-refractivity contribution < 1.29 is 9.18 Å². The quantitative estimate of drug-likeness (QED) is 0.778. The number of carbonyl (C=O) groups excluding carboxylic acids is 1. The van der Waals surface area contributed by atoms with Gasteiger partial charge in [0, 0.05) is 24.2 Å². The zero-order valence-electron chi connectivity index (χ0n) is 14.6. The molecular formula is C19H19FN6O. The molecule has 0 unspecified atom stereocenters. The molecule has 2 aromatic rings. The first-order chi connectivity index (χ1) is 13.2. The predicted octanol–water partition coefficient (Wildman–Crippen LogP) is 2.84. The Balaban J connectivity index is 1.49. The van der Waals surface area contributed by atoms with E-state index >= 15 is 0 Å². The maximum Gasteiger partial charge on any atom is 0.228 e. The van der Waals surface area contributed by atoms with Crippen molar-refractivity contribution in [3.05, 3.63) is 47.7 Å². The van der Waals surface area contributed by atoms with Crippen molar-refractivity contribution in [2.24, 2.45) is 5.92 Å².